The third kappa shape index (κ3) is 3.18. The number of nitriles is 2. The predicted octanol–water partition coefficient (Wildman–Crippen LogP) is 3.84. The number of benzene rings is 1. The van der Waals surface area contributed by atoms with E-state index in [2.05, 4.69) is 11.1 Å². The molecular formula is C17H12ClN3OS. The van der Waals surface area contributed by atoms with E-state index in [-0.39, 0.29) is 5.69 Å². The zero-order valence-corrected chi connectivity index (χ0v) is 13.7. The van der Waals surface area contributed by atoms with Gasteiger partial charge in [-0.05, 0) is 23.6 Å². The van der Waals surface area contributed by atoms with Crippen molar-refractivity contribution in [2.75, 3.05) is 6.61 Å². The van der Waals surface area contributed by atoms with E-state index in [0.717, 1.165) is 21.7 Å². The van der Waals surface area contributed by atoms with E-state index in [1.807, 2.05) is 30.3 Å². The van der Waals surface area contributed by atoms with Crippen molar-refractivity contribution in [2.45, 2.75) is 23.8 Å². The molecule has 0 radical (unpaired) electrons. The highest BCUT2D eigenvalue weighted by atomic mass is 35.5. The average molecular weight is 342 g/mol. The lowest BCUT2D eigenvalue weighted by Gasteiger charge is -2.20. The lowest BCUT2D eigenvalue weighted by Crippen LogP contribution is -2.15. The van der Waals surface area contributed by atoms with Crippen LogP contribution in [0.3, 0.4) is 0 Å². The number of pyridine rings is 1. The third-order valence-corrected chi connectivity index (χ3v) is 5.09. The Morgan fingerprint density at radius 1 is 1.22 bits per heavy atom. The van der Waals surface area contributed by atoms with Gasteiger partial charge in [0.15, 0.2) is 5.69 Å². The highest BCUT2D eigenvalue weighted by molar-refractivity contribution is 7.98. The largest absolute Gasteiger partial charge is 0.376 e. The van der Waals surface area contributed by atoms with Crippen LogP contribution in [-0.2, 0) is 23.5 Å². The van der Waals surface area contributed by atoms with Crippen LogP contribution in [0, 0.1) is 22.7 Å². The Morgan fingerprint density at radius 2 is 2.04 bits per heavy atom. The number of hydrogen-bond acceptors (Lipinski definition) is 5. The maximum absolute atomic E-state index is 9.33. The highest BCUT2D eigenvalue weighted by Gasteiger charge is 2.22. The molecule has 1 aliphatic rings. The summed E-state index contributed by atoms with van der Waals surface area (Å²) in [5, 5.41) is 20.1. The van der Waals surface area contributed by atoms with Gasteiger partial charge in [0, 0.05) is 16.3 Å². The van der Waals surface area contributed by atoms with Crippen LogP contribution in [-0.4, -0.2) is 11.6 Å². The summed E-state index contributed by atoms with van der Waals surface area (Å²) in [5.41, 5.74) is 3.40. The molecule has 6 heteroatoms. The Kier molecular flexibility index (Phi) is 4.83. The van der Waals surface area contributed by atoms with E-state index >= 15 is 0 Å². The van der Waals surface area contributed by atoms with Gasteiger partial charge < -0.3 is 4.74 Å². The molecule has 0 N–H and O–H groups in total. The predicted molar refractivity (Wildman–Crippen MR) is 88.0 cm³/mol. The first-order valence-electron chi connectivity index (χ1n) is 7.04. The molecule has 2 heterocycles. The molecule has 1 aromatic carbocycles. The van der Waals surface area contributed by atoms with Crippen LogP contribution in [0.25, 0.3) is 0 Å². The first-order valence-corrected chi connectivity index (χ1v) is 8.41. The fourth-order valence-electron chi connectivity index (χ4n) is 2.50. The van der Waals surface area contributed by atoms with Gasteiger partial charge in [-0.2, -0.15) is 10.5 Å². The second kappa shape index (κ2) is 7.02. The van der Waals surface area contributed by atoms with Crippen molar-refractivity contribution in [3.63, 3.8) is 0 Å². The fourth-order valence-corrected chi connectivity index (χ4v) is 3.84. The first-order chi connectivity index (χ1) is 11.2. The van der Waals surface area contributed by atoms with Gasteiger partial charge in [-0.25, -0.2) is 4.98 Å². The number of aromatic nitrogens is 1. The van der Waals surface area contributed by atoms with Crippen molar-refractivity contribution in [1.29, 1.82) is 10.5 Å². The molecule has 0 fully saturated rings. The van der Waals surface area contributed by atoms with E-state index in [4.69, 9.17) is 16.3 Å². The van der Waals surface area contributed by atoms with Crippen LogP contribution in [0.2, 0.25) is 5.02 Å². The lowest BCUT2D eigenvalue weighted by atomic mass is 9.98. The number of hydrogen-bond donors (Lipinski definition) is 0. The molecule has 4 nitrogen and oxygen atoms in total. The minimum absolute atomic E-state index is 0.190. The smallest absolute Gasteiger partial charge is 0.159 e. The summed E-state index contributed by atoms with van der Waals surface area (Å²) in [4.78, 5) is 4.38. The third-order valence-electron chi connectivity index (χ3n) is 3.66. The Balaban J connectivity index is 1.98. The molecule has 2 aromatic rings. The summed E-state index contributed by atoms with van der Waals surface area (Å²) < 4.78 is 5.51. The van der Waals surface area contributed by atoms with Gasteiger partial charge in [0.25, 0.3) is 0 Å². The number of thioether (sulfide) groups is 1. The van der Waals surface area contributed by atoms with Crippen molar-refractivity contribution in [2.24, 2.45) is 0 Å². The van der Waals surface area contributed by atoms with Crippen LogP contribution in [0.15, 0.2) is 29.3 Å². The van der Waals surface area contributed by atoms with Gasteiger partial charge in [0.1, 0.15) is 17.2 Å². The second-order valence-electron chi connectivity index (χ2n) is 5.00. The topological polar surface area (TPSA) is 69.7 Å². The normalized spacial score (nSPS) is 13.0. The molecule has 3 rings (SSSR count). The van der Waals surface area contributed by atoms with Crippen molar-refractivity contribution < 1.29 is 4.74 Å². The van der Waals surface area contributed by atoms with Crippen molar-refractivity contribution >= 4 is 23.4 Å². The standard InChI is InChI=1S/C17H12ClN3OS/c18-15-4-2-1-3-11(15)10-23-17-14-9-22-6-5-12(14)13(7-19)16(8-20)21-17/h1-4H,5-6,9-10H2. The van der Waals surface area contributed by atoms with E-state index in [9.17, 15) is 10.5 Å². The molecule has 0 amide bonds. The van der Waals surface area contributed by atoms with Gasteiger partial charge >= 0.3 is 0 Å². The summed E-state index contributed by atoms with van der Waals surface area (Å²) in [7, 11) is 0. The Labute approximate surface area is 143 Å². The molecule has 0 spiro atoms. The maximum atomic E-state index is 9.33. The van der Waals surface area contributed by atoms with Crippen LogP contribution in [0.1, 0.15) is 27.9 Å². The Bertz CT molecular complexity index is 839. The highest BCUT2D eigenvalue weighted by Crippen LogP contribution is 2.33. The van der Waals surface area contributed by atoms with Crippen molar-refractivity contribution in [1.82, 2.24) is 4.98 Å². The van der Waals surface area contributed by atoms with Crippen LogP contribution >= 0.6 is 23.4 Å². The Hall–Kier alpha value is -2.05. The van der Waals surface area contributed by atoms with Crippen LogP contribution in [0.5, 0.6) is 0 Å². The summed E-state index contributed by atoms with van der Waals surface area (Å²) in [6.07, 6.45) is 0.634. The maximum Gasteiger partial charge on any atom is 0.159 e. The van der Waals surface area contributed by atoms with E-state index in [1.54, 1.807) is 0 Å². The van der Waals surface area contributed by atoms with Gasteiger partial charge in [0.05, 0.1) is 18.8 Å². The summed E-state index contributed by atoms with van der Waals surface area (Å²) in [5.74, 6) is 0.649. The molecule has 0 atom stereocenters. The molecule has 0 saturated heterocycles. The van der Waals surface area contributed by atoms with Gasteiger partial charge in [-0.3, -0.25) is 0 Å². The summed E-state index contributed by atoms with van der Waals surface area (Å²) in [6.45, 7) is 0.985. The summed E-state index contributed by atoms with van der Waals surface area (Å²) >= 11 is 7.70. The lowest BCUT2D eigenvalue weighted by molar-refractivity contribution is 0.108. The molecule has 0 bridgehead atoms. The molecule has 1 aromatic heterocycles. The minimum atomic E-state index is 0.190. The quantitative estimate of drug-likeness (QED) is 0.793. The van der Waals surface area contributed by atoms with E-state index in [1.165, 1.54) is 11.8 Å². The second-order valence-corrected chi connectivity index (χ2v) is 6.38. The van der Waals surface area contributed by atoms with Crippen molar-refractivity contribution in [3.8, 4) is 12.1 Å². The van der Waals surface area contributed by atoms with E-state index < -0.39 is 0 Å². The molecule has 0 aliphatic carbocycles. The molecule has 1 aliphatic heterocycles. The molecule has 114 valence electrons. The number of fused-ring (bicyclic) bond motifs is 1. The molecular weight excluding hydrogens is 330 g/mol. The molecule has 23 heavy (non-hydrogen) atoms. The number of nitrogens with zero attached hydrogens (tertiary/aromatic N) is 3. The van der Waals surface area contributed by atoms with Crippen LogP contribution in [0.4, 0.5) is 0 Å². The van der Waals surface area contributed by atoms with Crippen molar-refractivity contribution in [3.05, 3.63) is 57.2 Å². The van der Waals surface area contributed by atoms with E-state index in [0.29, 0.717) is 36.0 Å². The van der Waals surface area contributed by atoms with Gasteiger partial charge in [-0.1, -0.05) is 29.8 Å². The monoisotopic (exact) mass is 341 g/mol. The van der Waals surface area contributed by atoms with Gasteiger partial charge in [0.2, 0.25) is 0 Å². The number of rotatable bonds is 3. The molecule has 0 unspecified atom stereocenters. The fraction of sp³-hybridized carbons (Fsp3) is 0.235. The average Bonchev–Trinajstić information content (AvgIpc) is 2.60. The SMILES string of the molecule is N#Cc1nc(SCc2ccccc2Cl)c2c(c1C#N)CCOC2. The van der Waals surface area contributed by atoms with Gasteiger partial charge in [-0.15, -0.1) is 11.8 Å². The number of ether oxygens (including phenoxy) is 1. The summed E-state index contributed by atoms with van der Waals surface area (Å²) in [6, 6.07) is 11.8. The number of halogens is 1. The van der Waals surface area contributed by atoms with Crippen LogP contribution < -0.4 is 0 Å². The zero-order chi connectivity index (χ0) is 16.2. The first kappa shape index (κ1) is 15.8. The zero-order valence-electron chi connectivity index (χ0n) is 12.2. The minimum Gasteiger partial charge on any atom is -0.376 e. The molecule has 0 saturated carbocycles. The Morgan fingerprint density at radius 3 is 2.78 bits per heavy atom.